The summed E-state index contributed by atoms with van der Waals surface area (Å²) < 4.78 is 5.46. The van der Waals surface area contributed by atoms with Crippen LogP contribution in [0.2, 0.25) is 0 Å². The van der Waals surface area contributed by atoms with Gasteiger partial charge in [0.1, 0.15) is 5.76 Å². The van der Waals surface area contributed by atoms with Crippen molar-refractivity contribution in [3.05, 3.63) is 24.2 Å². The first-order chi connectivity index (χ1) is 8.19. The van der Waals surface area contributed by atoms with Crippen LogP contribution in [-0.4, -0.2) is 29.6 Å². The van der Waals surface area contributed by atoms with Crippen LogP contribution in [0.5, 0.6) is 0 Å². The summed E-state index contributed by atoms with van der Waals surface area (Å²) in [7, 11) is 0. The lowest BCUT2D eigenvalue weighted by atomic mass is 9.88. The Morgan fingerprint density at radius 2 is 2.24 bits per heavy atom. The third-order valence-corrected chi connectivity index (χ3v) is 4.19. The average Bonchev–Trinajstić information content (AvgIpc) is 2.85. The van der Waals surface area contributed by atoms with Crippen LogP contribution in [0.15, 0.2) is 22.8 Å². The maximum absolute atomic E-state index is 5.46. The number of hydrogen-bond donors (Lipinski definition) is 1. The summed E-state index contributed by atoms with van der Waals surface area (Å²) in [6.45, 7) is 9.95. The van der Waals surface area contributed by atoms with E-state index in [0.29, 0.717) is 11.6 Å². The first kappa shape index (κ1) is 12.7. The molecule has 1 unspecified atom stereocenters. The maximum atomic E-state index is 5.46. The van der Waals surface area contributed by atoms with Gasteiger partial charge in [0.25, 0.3) is 0 Å². The van der Waals surface area contributed by atoms with Crippen LogP contribution in [0.1, 0.15) is 39.4 Å². The van der Waals surface area contributed by atoms with Gasteiger partial charge in [-0.05, 0) is 31.9 Å². The van der Waals surface area contributed by atoms with E-state index in [0.717, 1.165) is 25.4 Å². The van der Waals surface area contributed by atoms with Gasteiger partial charge in [0.05, 0.1) is 12.8 Å². The maximum Gasteiger partial charge on any atom is 0.117 e. The number of rotatable bonds is 4. The van der Waals surface area contributed by atoms with Crippen LogP contribution in [0.25, 0.3) is 0 Å². The quantitative estimate of drug-likeness (QED) is 0.871. The molecule has 0 radical (unpaired) electrons. The molecule has 1 saturated heterocycles. The predicted octanol–water partition coefficient (Wildman–Crippen LogP) is 2.63. The molecule has 1 aromatic rings. The fourth-order valence-electron chi connectivity index (χ4n) is 2.63. The smallest absolute Gasteiger partial charge is 0.117 e. The van der Waals surface area contributed by atoms with Crippen molar-refractivity contribution in [2.75, 3.05) is 13.1 Å². The molecule has 1 aromatic heterocycles. The number of piperazine rings is 1. The van der Waals surface area contributed by atoms with E-state index in [9.17, 15) is 0 Å². The zero-order valence-corrected chi connectivity index (χ0v) is 11.2. The molecule has 3 nitrogen and oxygen atoms in total. The van der Waals surface area contributed by atoms with Crippen LogP contribution < -0.4 is 5.32 Å². The zero-order valence-electron chi connectivity index (χ0n) is 11.2. The van der Waals surface area contributed by atoms with Crippen molar-refractivity contribution < 1.29 is 4.42 Å². The molecule has 1 fully saturated rings. The minimum absolute atomic E-state index is 0.291. The second-order valence-electron chi connectivity index (χ2n) is 5.20. The van der Waals surface area contributed by atoms with Crippen molar-refractivity contribution in [2.45, 2.75) is 51.7 Å². The van der Waals surface area contributed by atoms with Gasteiger partial charge in [0.2, 0.25) is 0 Å². The minimum Gasteiger partial charge on any atom is -0.468 e. The van der Waals surface area contributed by atoms with Crippen molar-refractivity contribution in [2.24, 2.45) is 0 Å². The molecule has 0 amide bonds. The molecule has 1 atom stereocenters. The van der Waals surface area contributed by atoms with Gasteiger partial charge in [0.15, 0.2) is 0 Å². The first-order valence-corrected chi connectivity index (χ1v) is 6.70. The molecule has 17 heavy (non-hydrogen) atoms. The lowest BCUT2D eigenvalue weighted by Crippen LogP contribution is -2.62. The van der Waals surface area contributed by atoms with E-state index in [-0.39, 0.29) is 0 Å². The monoisotopic (exact) mass is 236 g/mol. The van der Waals surface area contributed by atoms with Gasteiger partial charge in [-0.1, -0.05) is 13.8 Å². The fraction of sp³-hybridized carbons (Fsp3) is 0.714. The van der Waals surface area contributed by atoms with E-state index < -0.39 is 0 Å². The van der Waals surface area contributed by atoms with Gasteiger partial charge < -0.3 is 9.73 Å². The van der Waals surface area contributed by atoms with Crippen LogP contribution in [-0.2, 0) is 6.54 Å². The highest BCUT2D eigenvalue weighted by Gasteiger charge is 2.35. The van der Waals surface area contributed by atoms with E-state index in [1.54, 1.807) is 6.26 Å². The van der Waals surface area contributed by atoms with Crippen molar-refractivity contribution in [1.29, 1.82) is 0 Å². The fourth-order valence-corrected chi connectivity index (χ4v) is 2.63. The average molecular weight is 236 g/mol. The summed E-state index contributed by atoms with van der Waals surface area (Å²) in [5.41, 5.74) is 0.291. The molecule has 0 aromatic carbocycles. The summed E-state index contributed by atoms with van der Waals surface area (Å²) in [6.07, 6.45) is 4.13. The zero-order chi connectivity index (χ0) is 12.3. The largest absolute Gasteiger partial charge is 0.468 e. The van der Waals surface area contributed by atoms with E-state index in [2.05, 4.69) is 37.1 Å². The van der Waals surface area contributed by atoms with E-state index in [4.69, 9.17) is 4.42 Å². The summed E-state index contributed by atoms with van der Waals surface area (Å²) in [5.74, 6) is 1.07. The Labute approximate surface area is 104 Å². The predicted molar refractivity (Wildman–Crippen MR) is 69.9 cm³/mol. The molecule has 0 bridgehead atoms. The number of nitrogens with one attached hydrogen (secondary N) is 1. The Bertz CT molecular complexity index is 330. The minimum atomic E-state index is 0.291. The van der Waals surface area contributed by atoms with Crippen molar-refractivity contribution >= 4 is 0 Å². The molecule has 2 heterocycles. The van der Waals surface area contributed by atoms with Gasteiger partial charge >= 0.3 is 0 Å². The molecular formula is C14H24N2O. The molecule has 3 heteroatoms. The van der Waals surface area contributed by atoms with Gasteiger partial charge in [-0.3, -0.25) is 4.90 Å². The van der Waals surface area contributed by atoms with Crippen LogP contribution in [0.4, 0.5) is 0 Å². The van der Waals surface area contributed by atoms with Gasteiger partial charge in [-0.2, -0.15) is 0 Å². The molecule has 0 saturated carbocycles. The Hall–Kier alpha value is -0.800. The molecular weight excluding hydrogens is 212 g/mol. The summed E-state index contributed by atoms with van der Waals surface area (Å²) in [5, 5.41) is 3.72. The highest BCUT2D eigenvalue weighted by atomic mass is 16.3. The topological polar surface area (TPSA) is 28.4 Å². The van der Waals surface area contributed by atoms with Gasteiger partial charge in [0, 0.05) is 24.7 Å². The first-order valence-electron chi connectivity index (χ1n) is 6.70. The van der Waals surface area contributed by atoms with Gasteiger partial charge in [-0.25, -0.2) is 0 Å². The lowest BCUT2D eigenvalue weighted by Gasteiger charge is -2.46. The highest BCUT2D eigenvalue weighted by molar-refractivity contribution is 5.01. The summed E-state index contributed by atoms with van der Waals surface area (Å²) in [6, 6.07) is 4.61. The third-order valence-electron chi connectivity index (χ3n) is 4.19. The van der Waals surface area contributed by atoms with E-state index >= 15 is 0 Å². The van der Waals surface area contributed by atoms with Crippen molar-refractivity contribution in [1.82, 2.24) is 10.2 Å². The normalized spacial score (nSPS) is 25.0. The molecule has 0 aliphatic carbocycles. The molecule has 1 aliphatic rings. The van der Waals surface area contributed by atoms with E-state index in [1.165, 1.54) is 12.8 Å². The lowest BCUT2D eigenvalue weighted by molar-refractivity contribution is 0.0689. The molecule has 2 rings (SSSR count). The Balaban J connectivity index is 2.04. The third kappa shape index (κ3) is 2.72. The summed E-state index contributed by atoms with van der Waals surface area (Å²) >= 11 is 0. The highest BCUT2D eigenvalue weighted by Crippen LogP contribution is 2.24. The second-order valence-corrected chi connectivity index (χ2v) is 5.20. The Morgan fingerprint density at radius 1 is 1.47 bits per heavy atom. The molecule has 1 aliphatic heterocycles. The second kappa shape index (κ2) is 5.23. The van der Waals surface area contributed by atoms with Crippen LogP contribution >= 0.6 is 0 Å². The SMILES string of the molecule is CCC1(CC)CN(Cc2ccco2)C(C)CN1. The molecule has 1 N–H and O–H groups in total. The number of nitrogens with zero attached hydrogens (tertiary/aromatic N) is 1. The van der Waals surface area contributed by atoms with Gasteiger partial charge in [-0.15, -0.1) is 0 Å². The standard InChI is InChI=1S/C14H24N2O/c1-4-14(5-2)11-16(12(3)9-15-14)10-13-7-6-8-17-13/h6-8,12,15H,4-5,9-11H2,1-3H3. The Morgan fingerprint density at radius 3 is 2.82 bits per heavy atom. The number of furan rings is 1. The Kier molecular flexibility index (Phi) is 3.89. The van der Waals surface area contributed by atoms with E-state index in [1.807, 2.05) is 6.07 Å². The van der Waals surface area contributed by atoms with Crippen LogP contribution in [0, 0.1) is 0 Å². The van der Waals surface area contributed by atoms with Crippen molar-refractivity contribution in [3.8, 4) is 0 Å². The number of hydrogen-bond acceptors (Lipinski definition) is 3. The van der Waals surface area contributed by atoms with Crippen LogP contribution in [0.3, 0.4) is 0 Å². The summed E-state index contributed by atoms with van der Waals surface area (Å²) in [4.78, 5) is 2.53. The molecule has 96 valence electrons. The van der Waals surface area contributed by atoms with Crippen molar-refractivity contribution in [3.63, 3.8) is 0 Å². The molecule has 0 spiro atoms.